The summed E-state index contributed by atoms with van der Waals surface area (Å²) < 4.78 is 35.2. The second kappa shape index (κ2) is 3.77. The van der Waals surface area contributed by atoms with Crippen LogP contribution in [0.15, 0.2) is 0 Å². The fourth-order valence-corrected chi connectivity index (χ4v) is 3.59. The fourth-order valence-electron chi connectivity index (χ4n) is 0.332. The molecule has 66 valence electrons. The van der Waals surface area contributed by atoms with Crippen molar-refractivity contribution in [3.8, 4) is 0 Å². The van der Waals surface area contributed by atoms with Crippen LogP contribution in [0, 0.1) is 0 Å². The van der Waals surface area contributed by atoms with Crippen LogP contribution in [-0.4, -0.2) is 20.5 Å². The van der Waals surface area contributed by atoms with Crippen LogP contribution in [0.25, 0.3) is 0 Å². The number of rotatable bonds is 2. The number of hydrogen-bond acceptors (Lipinski definition) is 0. The van der Waals surface area contributed by atoms with Gasteiger partial charge in [-0.15, -0.1) is 0 Å². The van der Waals surface area contributed by atoms with Crippen molar-refractivity contribution in [1.82, 2.24) is 0 Å². The molecule has 0 unspecified atom stereocenters. The molecule has 0 aromatic carbocycles. The molecule has 0 spiro atoms. The van der Waals surface area contributed by atoms with Gasteiger partial charge in [0.15, 0.2) is 0 Å². The summed E-state index contributed by atoms with van der Waals surface area (Å²) in [6.07, 6.45) is -4.55. The Hall–Kier alpha value is 1.25. The molecular weight excluding hydrogens is 371 g/mol. The van der Waals surface area contributed by atoms with E-state index in [2.05, 4.69) is 18.6 Å². The zero-order chi connectivity index (χ0) is 8.41. The summed E-state index contributed by atoms with van der Waals surface area (Å²) in [6, 6.07) is 0. The summed E-state index contributed by atoms with van der Waals surface area (Å²) in [6.45, 7) is 0. The molecule has 0 radical (unpaired) electrons. The Balaban J connectivity index is 3.56. The van der Waals surface area contributed by atoms with Crippen LogP contribution >= 0.6 is 18.6 Å². The predicted octanol–water partition coefficient (Wildman–Crippen LogP) is -0.291. The average Bonchev–Trinajstić information content (AvgIpc) is 1.57. The Bertz CT molecular complexity index is 88.4. The van der Waals surface area contributed by atoms with E-state index in [1.165, 1.54) is 0 Å². The first-order valence-corrected chi connectivity index (χ1v) is 14.7. The van der Waals surface area contributed by atoms with Crippen LogP contribution in [0.3, 0.4) is 0 Å². The SMILES string of the molecule is C[I-](C)(I)CCC(F)(F)F. The maximum atomic E-state index is 11.6. The molecule has 0 aliphatic heterocycles. The predicted molar refractivity (Wildman–Crippen MR) is 41.4 cm³/mol. The summed E-state index contributed by atoms with van der Waals surface area (Å²) >= 11 is 0.302. The van der Waals surface area contributed by atoms with E-state index in [-0.39, 0.29) is 0 Å². The third-order valence-electron chi connectivity index (χ3n) is 0.827. The van der Waals surface area contributed by atoms with Gasteiger partial charge >= 0.3 is 73.1 Å². The summed E-state index contributed by atoms with van der Waals surface area (Å²) in [4.78, 5) is 3.94. The van der Waals surface area contributed by atoms with E-state index in [4.69, 9.17) is 0 Å². The molecule has 0 fully saturated rings. The van der Waals surface area contributed by atoms with Gasteiger partial charge < -0.3 is 0 Å². The van der Waals surface area contributed by atoms with E-state index in [1.807, 2.05) is 9.86 Å². The van der Waals surface area contributed by atoms with E-state index in [1.54, 1.807) is 0 Å². The Morgan fingerprint density at radius 1 is 1.30 bits per heavy atom. The summed E-state index contributed by atoms with van der Waals surface area (Å²) in [5.74, 6) is 0. The van der Waals surface area contributed by atoms with Crippen molar-refractivity contribution in [2.24, 2.45) is 0 Å². The summed E-state index contributed by atoms with van der Waals surface area (Å²) in [5, 5.41) is 0. The molecule has 0 atom stereocenters. The van der Waals surface area contributed by atoms with Crippen molar-refractivity contribution in [3.63, 3.8) is 0 Å². The third-order valence-corrected chi connectivity index (χ3v) is 6.67. The molecular formula is C5H10F3I2-. The number of alkyl halides is 6. The normalized spacial score (nSPS) is 15.4. The average molecular weight is 381 g/mol. The van der Waals surface area contributed by atoms with Crippen LogP contribution in [0.1, 0.15) is 6.42 Å². The Morgan fingerprint density at radius 2 is 1.70 bits per heavy atom. The van der Waals surface area contributed by atoms with Gasteiger partial charge in [0, 0.05) is 0 Å². The zero-order valence-corrected chi connectivity index (χ0v) is 10.1. The number of hydrogen-bond donors (Lipinski definition) is 0. The molecule has 0 aromatic heterocycles. The van der Waals surface area contributed by atoms with Gasteiger partial charge in [-0.2, -0.15) is 0 Å². The van der Waals surface area contributed by atoms with Gasteiger partial charge in [-0.3, -0.25) is 0 Å². The molecule has 0 rings (SSSR count). The van der Waals surface area contributed by atoms with Gasteiger partial charge in [0.05, 0.1) is 0 Å². The van der Waals surface area contributed by atoms with Crippen LogP contribution in [0.5, 0.6) is 0 Å². The molecule has 0 aliphatic carbocycles. The molecule has 0 aliphatic rings. The molecule has 0 amide bonds. The van der Waals surface area contributed by atoms with Crippen molar-refractivity contribution in [3.05, 3.63) is 0 Å². The van der Waals surface area contributed by atoms with Crippen molar-refractivity contribution in [1.29, 1.82) is 0 Å². The molecule has 10 heavy (non-hydrogen) atoms. The first-order valence-electron chi connectivity index (χ1n) is 2.59. The van der Waals surface area contributed by atoms with Crippen molar-refractivity contribution < 1.29 is 27.6 Å². The monoisotopic (exact) mass is 381 g/mol. The molecule has 0 nitrogen and oxygen atoms in total. The Labute approximate surface area is 72.6 Å². The molecule has 0 heterocycles. The van der Waals surface area contributed by atoms with Gasteiger partial charge in [0.2, 0.25) is 0 Å². The van der Waals surface area contributed by atoms with Crippen LogP contribution < -0.4 is 14.5 Å². The quantitative estimate of drug-likeness (QED) is 0.456. The molecule has 5 heteroatoms. The number of halogens is 5. The molecule has 0 bridgehead atoms. The van der Waals surface area contributed by atoms with Crippen LogP contribution in [0.2, 0.25) is 0 Å². The second-order valence-electron chi connectivity index (χ2n) is 2.35. The Morgan fingerprint density at radius 3 is 1.80 bits per heavy atom. The van der Waals surface area contributed by atoms with Crippen molar-refractivity contribution >= 4 is 18.6 Å². The molecule has 0 N–H and O–H groups in total. The summed E-state index contributed by atoms with van der Waals surface area (Å²) in [7, 11) is 0. The van der Waals surface area contributed by atoms with Gasteiger partial charge in [0.25, 0.3) is 0 Å². The first kappa shape index (κ1) is 11.2. The van der Waals surface area contributed by atoms with E-state index in [9.17, 15) is 13.2 Å². The Kier molecular flexibility index (Phi) is 4.24. The van der Waals surface area contributed by atoms with Gasteiger partial charge in [-0.25, -0.2) is 0 Å². The second-order valence-corrected chi connectivity index (χ2v) is 25.7. The van der Waals surface area contributed by atoms with Gasteiger partial charge in [-0.05, 0) is 0 Å². The van der Waals surface area contributed by atoms with E-state index in [0.29, 0.717) is 4.43 Å². The van der Waals surface area contributed by atoms with E-state index < -0.39 is 27.1 Å². The maximum absolute atomic E-state index is 11.6. The van der Waals surface area contributed by atoms with Crippen molar-refractivity contribution in [2.75, 3.05) is 14.3 Å². The van der Waals surface area contributed by atoms with Crippen LogP contribution in [0.4, 0.5) is 13.2 Å². The molecule has 0 aromatic rings. The minimum atomic E-state index is -3.95. The van der Waals surface area contributed by atoms with Gasteiger partial charge in [0.1, 0.15) is 0 Å². The van der Waals surface area contributed by atoms with E-state index >= 15 is 0 Å². The van der Waals surface area contributed by atoms with Gasteiger partial charge in [-0.1, -0.05) is 0 Å². The topological polar surface area (TPSA) is 0 Å². The summed E-state index contributed by atoms with van der Waals surface area (Å²) in [5.41, 5.74) is 0. The van der Waals surface area contributed by atoms with E-state index in [0.717, 1.165) is 0 Å². The standard InChI is InChI=1S/C5H10F3I2/c1-10(2,9)4-3-5(6,7)8/h3-4H2,1-2H3/q-1. The minimum absolute atomic E-state index is 0.372. The van der Waals surface area contributed by atoms with Crippen molar-refractivity contribution in [2.45, 2.75) is 12.6 Å². The molecule has 0 saturated carbocycles. The first-order chi connectivity index (χ1) is 4.21. The zero-order valence-electron chi connectivity index (χ0n) is 5.80. The molecule has 0 saturated heterocycles. The third kappa shape index (κ3) is 9.25. The van der Waals surface area contributed by atoms with Crippen LogP contribution in [-0.2, 0) is 0 Å². The fraction of sp³-hybridized carbons (Fsp3) is 1.00.